The van der Waals surface area contributed by atoms with Crippen LogP contribution in [-0.2, 0) is 22.6 Å². The number of pyridine rings is 1. The van der Waals surface area contributed by atoms with E-state index in [9.17, 15) is 14.4 Å². The summed E-state index contributed by atoms with van der Waals surface area (Å²) in [6.45, 7) is 6.15. The molecule has 0 unspecified atom stereocenters. The normalized spacial score (nSPS) is 10.9. The molecule has 0 aliphatic rings. The molecular weight excluding hydrogens is 356 g/mol. The number of aromatic nitrogens is 3. The highest BCUT2D eigenvalue weighted by Crippen LogP contribution is 2.11. The lowest BCUT2D eigenvalue weighted by Crippen LogP contribution is -2.26. The number of anilines is 1. The van der Waals surface area contributed by atoms with Gasteiger partial charge in [-0.25, -0.2) is 4.98 Å². The van der Waals surface area contributed by atoms with Gasteiger partial charge in [-0.15, -0.1) is 0 Å². The van der Waals surface area contributed by atoms with Gasteiger partial charge < -0.3 is 14.9 Å². The third kappa shape index (κ3) is 5.90. The first-order valence-corrected chi connectivity index (χ1v) is 9.38. The maximum absolute atomic E-state index is 12.6. The second kappa shape index (κ2) is 10.8. The summed E-state index contributed by atoms with van der Waals surface area (Å²) in [6, 6.07) is 3.30. The average molecular weight is 382 g/mol. The van der Waals surface area contributed by atoms with Crippen LogP contribution >= 0.6 is 0 Å². The van der Waals surface area contributed by atoms with Crippen molar-refractivity contribution in [3.8, 4) is 0 Å². The number of nitrogens with one attached hydrogen (secondary N) is 2. The first-order chi connectivity index (χ1) is 13.6. The molecule has 2 aromatic heterocycles. The molecule has 0 bridgehead atoms. The fourth-order valence-corrected chi connectivity index (χ4v) is 2.83. The number of aromatic amines is 1. The number of allylic oxidation sites excluding steroid dienone is 2. The van der Waals surface area contributed by atoms with E-state index in [4.69, 9.17) is 0 Å². The second-order valence-corrected chi connectivity index (χ2v) is 6.36. The van der Waals surface area contributed by atoms with Gasteiger partial charge >= 0.3 is 0 Å². The van der Waals surface area contributed by atoms with Crippen LogP contribution in [0.4, 0.5) is 5.69 Å². The van der Waals surface area contributed by atoms with Crippen LogP contribution in [0.2, 0.25) is 0 Å². The van der Waals surface area contributed by atoms with E-state index in [0.29, 0.717) is 25.0 Å². The number of hydrogen-bond acceptors (Lipinski definition) is 4. The lowest BCUT2D eigenvalue weighted by Gasteiger charge is -2.08. The van der Waals surface area contributed by atoms with Gasteiger partial charge in [-0.1, -0.05) is 26.0 Å². The van der Waals surface area contributed by atoms with Crippen LogP contribution in [0, 0.1) is 0 Å². The summed E-state index contributed by atoms with van der Waals surface area (Å²) < 4.78 is 1.50. The van der Waals surface area contributed by atoms with Crippen molar-refractivity contribution in [2.75, 3.05) is 5.32 Å². The fraction of sp³-hybridized carbons (Fsp3) is 0.333. The highest BCUT2D eigenvalue weighted by molar-refractivity contribution is 5.90. The molecule has 0 aliphatic carbocycles. The Labute approximate surface area is 164 Å². The van der Waals surface area contributed by atoms with Crippen molar-refractivity contribution in [1.82, 2.24) is 14.5 Å². The van der Waals surface area contributed by atoms with Gasteiger partial charge in [0.05, 0.1) is 12.2 Å². The zero-order valence-electron chi connectivity index (χ0n) is 16.1. The number of amides is 1. The minimum Gasteiger partial charge on any atom is -0.344 e. The number of hydrogen-bond donors (Lipinski definition) is 2. The predicted molar refractivity (Wildman–Crippen MR) is 110 cm³/mol. The van der Waals surface area contributed by atoms with Gasteiger partial charge in [0.2, 0.25) is 5.91 Å². The molecule has 7 nitrogen and oxygen atoms in total. The molecule has 2 heterocycles. The van der Waals surface area contributed by atoms with Crippen LogP contribution in [-0.4, -0.2) is 26.7 Å². The fourth-order valence-electron chi connectivity index (χ4n) is 2.83. The number of aldehydes is 1. The van der Waals surface area contributed by atoms with Crippen molar-refractivity contribution in [3.63, 3.8) is 0 Å². The van der Waals surface area contributed by atoms with Crippen LogP contribution in [0.15, 0.2) is 41.9 Å². The van der Waals surface area contributed by atoms with E-state index in [1.54, 1.807) is 30.5 Å². The molecule has 2 N–H and O–H groups in total. The summed E-state index contributed by atoms with van der Waals surface area (Å²) in [6.07, 6.45) is 10.6. The van der Waals surface area contributed by atoms with Crippen LogP contribution in [0.25, 0.3) is 6.08 Å². The van der Waals surface area contributed by atoms with Gasteiger partial charge in [0, 0.05) is 18.3 Å². The van der Waals surface area contributed by atoms with E-state index in [2.05, 4.69) is 28.8 Å². The molecule has 0 fully saturated rings. The van der Waals surface area contributed by atoms with E-state index in [1.807, 2.05) is 0 Å². The van der Waals surface area contributed by atoms with Crippen LogP contribution < -0.4 is 10.9 Å². The number of aryl methyl sites for hydroxylation is 1. The number of carbonyl (C=O) groups excluding carboxylic acids is 2. The molecule has 0 radical (unpaired) electrons. The van der Waals surface area contributed by atoms with Crippen molar-refractivity contribution >= 4 is 24.0 Å². The largest absolute Gasteiger partial charge is 0.344 e. The summed E-state index contributed by atoms with van der Waals surface area (Å²) in [7, 11) is 0. The van der Waals surface area contributed by atoms with Crippen molar-refractivity contribution < 1.29 is 9.59 Å². The van der Waals surface area contributed by atoms with Gasteiger partial charge in [0.15, 0.2) is 0 Å². The second-order valence-electron chi connectivity index (χ2n) is 6.36. The number of H-pyrrole nitrogens is 1. The van der Waals surface area contributed by atoms with E-state index in [-0.39, 0.29) is 30.1 Å². The Morgan fingerprint density at radius 2 is 2.25 bits per heavy atom. The standard InChI is InChI=1S/C21H26N4O3/c1-3-10-17-16(4-2)22-19(23-17)15-25-13-9-11-18(21(25)28)24-20(27)12-7-5-6-8-14-26/h4,6,8-9,11,13-14H,2-3,5,7,10,12,15H2,1H3,(H,22,23)(H,24,27)/b8-6+. The average Bonchev–Trinajstić information content (AvgIpc) is 3.06. The van der Waals surface area contributed by atoms with Gasteiger partial charge in [-0.3, -0.25) is 14.4 Å². The zero-order chi connectivity index (χ0) is 20.4. The summed E-state index contributed by atoms with van der Waals surface area (Å²) >= 11 is 0. The molecule has 0 spiro atoms. The Balaban J connectivity index is 2.05. The molecule has 1 amide bonds. The molecule has 0 saturated heterocycles. The monoisotopic (exact) mass is 382 g/mol. The molecule has 0 aromatic carbocycles. The quantitative estimate of drug-likeness (QED) is 0.355. The third-order valence-corrected chi connectivity index (χ3v) is 4.16. The van der Waals surface area contributed by atoms with Crippen molar-refractivity contribution in [2.45, 2.75) is 45.6 Å². The lowest BCUT2D eigenvalue weighted by atomic mass is 10.2. The molecular formula is C21H26N4O3. The van der Waals surface area contributed by atoms with Crippen molar-refractivity contribution in [2.24, 2.45) is 0 Å². The van der Waals surface area contributed by atoms with E-state index >= 15 is 0 Å². The van der Waals surface area contributed by atoms with Crippen molar-refractivity contribution in [3.05, 3.63) is 64.6 Å². The summed E-state index contributed by atoms with van der Waals surface area (Å²) in [4.78, 5) is 42.6. The summed E-state index contributed by atoms with van der Waals surface area (Å²) in [5, 5.41) is 2.66. The highest BCUT2D eigenvalue weighted by atomic mass is 16.2. The van der Waals surface area contributed by atoms with Gasteiger partial charge in [-0.2, -0.15) is 0 Å². The Morgan fingerprint density at radius 1 is 1.43 bits per heavy atom. The topological polar surface area (TPSA) is 96.8 Å². The predicted octanol–water partition coefficient (Wildman–Crippen LogP) is 3.08. The van der Waals surface area contributed by atoms with Crippen molar-refractivity contribution in [1.29, 1.82) is 0 Å². The van der Waals surface area contributed by atoms with E-state index in [1.165, 1.54) is 10.6 Å². The summed E-state index contributed by atoms with van der Waals surface area (Å²) in [5.74, 6) is 0.442. The lowest BCUT2D eigenvalue weighted by molar-refractivity contribution is -0.116. The smallest absolute Gasteiger partial charge is 0.274 e. The number of imidazole rings is 1. The van der Waals surface area contributed by atoms with E-state index in [0.717, 1.165) is 24.2 Å². The highest BCUT2D eigenvalue weighted by Gasteiger charge is 2.11. The maximum Gasteiger partial charge on any atom is 0.274 e. The number of carbonyl (C=O) groups is 2. The minimum absolute atomic E-state index is 0.230. The van der Waals surface area contributed by atoms with Gasteiger partial charge in [-0.05, 0) is 43.5 Å². The van der Waals surface area contributed by atoms with E-state index < -0.39 is 0 Å². The molecule has 7 heteroatoms. The van der Waals surface area contributed by atoms with Crippen LogP contribution in [0.1, 0.15) is 49.8 Å². The summed E-state index contributed by atoms with van der Waals surface area (Å²) in [5.41, 5.74) is 1.76. The molecule has 0 saturated carbocycles. The number of unbranched alkanes of at least 4 members (excludes halogenated alkanes) is 1. The molecule has 28 heavy (non-hydrogen) atoms. The molecule has 148 valence electrons. The number of rotatable bonds is 11. The molecule has 2 rings (SSSR count). The Morgan fingerprint density at radius 3 is 2.96 bits per heavy atom. The van der Waals surface area contributed by atoms with Gasteiger partial charge in [0.25, 0.3) is 5.56 Å². The first kappa shape index (κ1) is 21.1. The third-order valence-electron chi connectivity index (χ3n) is 4.16. The Bertz CT molecular complexity index is 909. The molecule has 0 atom stereocenters. The SMILES string of the molecule is C=Cc1nc(Cn2cccc(NC(=O)CCC/C=C/C=O)c2=O)[nH]c1CCC. The maximum atomic E-state index is 12.6. The van der Waals surface area contributed by atoms with Gasteiger partial charge in [0.1, 0.15) is 17.8 Å². The van der Waals surface area contributed by atoms with Crippen LogP contribution in [0.3, 0.4) is 0 Å². The minimum atomic E-state index is -0.287. The zero-order valence-corrected chi connectivity index (χ0v) is 16.1. The Kier molecular flexibility index (Phi) is 8.14. The Hall–Kier alpha value is -3.22. The molecule has 2 aromatic rings. The van der Waals surface area contributed by atoms with Crippen LogP contribution in [0.5, 0.6) is 0 Å². The number of nitrogens with zero attached hydrogens (tertiary/aromatic N) is 2. The first-order valence-electron chi connectivity index (χ1n) is 9.38. The molecule has 0 aliphatic heterocycles.